The maximum atomic E-state index is 10.7. The molecule has 3 aromatic carbocycles. The van der Waals surface area contributed by atoms with Gasteiger partial charge in [0.25, 0.3) is 11.4 Å². The summed E-state index contributed by atoms with van der Waals surface area (Å²) in [7, 11) is 0. The van der Waals surface area contributed by atoms with Crippen molar-refractivity contribution in [2.24, 2.45) is 0 Å². The van der Waals surface area contributed by atoms with Crippen molar-refractivity contribution in [3.8, 4) is 11.5 Å². The number of nitro groups is 2. The van der Waals surface area contributed by atoms with Crippen molar-refractivity contribution in [2.45, 2.75) is 37.9 Å². The third-order valence-corrected chi connectivity index (χ3v) is 7.28. The molecular formula is C28H30Cl2N4O6. The zero-order chi connectivity index (χ0) is 28.5. The predicted molar refractivity (Wildman–Crippen MR) is 155 cm³/mol. The fraction of sp³-hybridized carbons (Fsp3) is 0.357. The molecule has 0 amide bonds. The van der Waals surface area contributed by atoms with Crippen molar-refractivity contribution in [2.75, 3.05) is 31.1 Å². The van der Waals surface area contributed by atoms with Crippen LogP contribution in [0.1, 0.15) is 25.7 Å². The molecule has 0 aliphatic carbocycles. The Kier molecular flexibility index (Phi) is 10.4. The van der Waals surface area contributed by atoms with Gasteiger partial charge in [0.05, 0.1) is 19.9 Å². The Morgan fingerprint density at radius 1 is 0.725 bits per heavy atom. The molecule has 0 bridgehead atoms. The Morgan fingerprint density at radius 3 is 1.65 bits per heavy atom. The maximum Gasteiger partial charge on any atom is 0.271 e. The predicted octanol–water partition coefficient (Wildman–Crippen LogP) is 6.68. The summed E-state index contributed by atoms with van der Waals surface area (Å²) in [5, 5.41) is 25.1. The molecule has 1 N–H and O–H groups in total. The number of non-ortho nitro benzene ring substituents is 2. The summed E-state index contributed by atoms with van der Waals surface area (Å²) in [6.07, 6.45) is 3.84. The summed E-state index contributed by atoms with van der Waals surface area (Å²) >= 11 is 12.0. The van der Waals surface area contributed by atoms with Crippen LogP contribution in [-0.4, -0.2) is 48.2 Å². The minimum Gasteiger partial charge on any atom is -0.489 e. The van der Waals surface area contributed by atoms with Gasteiger partial charge in [0.15, 0.2) is 0 Å². The molecule has 0 aromatic heterocycles. The molecule has 40 heavy (non-hydrogen) atoms. The number of nitrogens with one attached hydrogen (secondary N) is 1. The molecular weight excluding hydrogens is 559 g/mol. The Balaban J connectivity index is 0.000000194. The van der Waals surface area contributed by atoms with Gasteiger partial charge in [-0.3, -0.25) is 20.2 Å². The molecule has 0 spiro atoms. The van der Waals surface area contributed by atoms with E-state index >= 15 is 0 Å². The third kappa shape index (κ3) is 8.20. The molecule has 2 aliphatic heterocycles. The highest BCUT2D eigenvalue weighted by molar-refractivity contribution is 6.32. The Morgan fingerprint density at radius 2 is 1.20 bits per heavy atom. The van der Waals surface area contributed by atoms with E-state index in [0.29, 0.717) is 11.5 Å². The summed E-state index contributed by atoms with van der Waals surface area (Å²) in [5.74, 6) is 1.03. The second-order valence-corrected chi connectivity index (χ2v) is 10.3. The summed E-state index contributed by atoms with van der Waals surface area (Å²) < 4.78 is 11.7. The van der Waals surface area contributed by atoms with Crippen LogP contribution in [0.15, 0.2) is 66.7 Å². The number of rotatable bonds is 7. The van der Waals surface area contributed by atoms with E-state index in [1.165, 1.54) is 30.0 Å². The molecule has 212 valence electrons. The Hall–Kier alpha value is -3.60. The number of halogens is 2. The number of benzene rings is 3. The van der Waals surface area contributed by atoms with E-state index in [1.807, 2.05) is 18.2 Å². The first-order chi connectivity index (χ1) is 19.3. The first-order valence-corrected chi connectivity index (χ1v) is 13.8. The zero-order valence-electron chi connectivity index (χ0n) is 21.7. The van der Waals surface area contributed by atoms with Crippen molar-refractivity contribution in [1.29, 1.82) is 0 Å². The number of hydrogen-bond donors (Lipinski definition) is 1. The molecule has 0 saturated carbocycles. The molecule has 2 saturated heterocycles. The van der Waals surface area contributed by atoms with Crippen molar-refractivity contribution >= 4 is 40.3 Å². The molecule has 2 fully saturated rings. The maximum absolute atomic E-state index is 10.7. The lowest BCUT2D eigenvalue weighted by Gasteiger charge is -2.33. The fourth-order valence-electron chi connectivity index (χ4n) is 4.54. The van der Waals surface area contributed by atoms with Crippen LogP contribution in [0, 0.1) is 20.2 Å². The van der Waals surface area contributed by atoms with E-state index in [0.717, 1.165) is 51.9 Å². The van der Waals surface area contributed by atoms with Crippen LogP contribution in [0.3, 0.4) is 0 Å². The molecule has 2 aliphatic rings. The first-order valence-electron chi connectivity index (χ1n) is 13.0. The van der Waals surface area contributed by atoms with E-state index in [2.05, 4.69) is 22.3 Å². The number of ether oxygens (including phenoxy) is 2. The number of hydrogen-bond acceptors (Lipinski definition) is 8. The summed E-state index contributed by atoms with van der Waals surface area (Å²) in [5.41, 5.74) is 1.17. The molecule has 12 heteroatoms. The Labute approximate surface area is 242 Å². The highest BCUT2D eigenvalue weighted by atomic mass is 35.5. The molecule has 2 heterocycles. The van der Waals surface area contributed by atoms with Crippen LogP contribution in [0.25, 0.3) is 0 Å². The number of nitrogens with zero attached hydrogens (tertiary/aromatic N) is 3. The van der Waals surface area contributed by atoms with Gasteiger partial charge in [-0.25, -0.2) is 0 Å². The third-order valence-electron chi connectivity index (χ3n) is 6.69. The smallest absolute Gasteiger partial charge is 0.271 e. The lowest BCUT2D eigenvalue weighted by molar-refractivity contribution is -0.385. The molecule has 5 rings (SSSR count). The lowest BCUT2D eigenvalue weighted by Crippen LogP contribution is -2.38. The number of para-hydroxylation sites is 1. The topological polar surface area (TPSA) is 120 Å². The van der Waals surface area contributed by atoms with Crippen LogP contribution in [0.5, 0.6) is 11.5 Å². The highest BCUT2D eigenvalue weighted by Crippen LogP contribution is 2.32. The minimum absolute atomic E-state index is 0.0207. The second kappa shape index (κ2) is 14.2. The van der Waals surface area contributed by atoms with Crippen molar-refractivity contribution in [1.82, 2.24) is 5.32 Å². The molecule has 10 nitrogen and oxygen atoms in total. The van der Waals surface area contributed by atoms with E-state index in [4.69, 9.17) is 32.7 Å². The van der Waals surface area contributed by atoms with Crippen LogP contribution in [-0.2, 0) is 0 Å². The van der Waals surface area contributed by atoms with Crippen LogP contribution < -0.4 is 19.7 Å². The van der Waals surface area contributed by atoms with Gasteiger partial charge in [0.2, 0.25) is 0 Å². The lowest BCUT2D eigenvalue weighted by atomic mass is 10.1. The van der Waals surface area contributed by atoms with Gasteiger partial charge in [-0.05, 0) is 50.2 Å². The SMILES string of the molecule is O=[N+]([O-])c1ccc(OC2CCN(c3ccccc3)CC2)c(Cl)c1.O=[N+]([O-])c1ccc(OC2CCNCC2)c(Cl)c1. The first kappa shape index (κ1) is 29.4. The molecule has 0 atom stereocenters. The summed E-state index contributed by atoms with van der Waals surface area (Å²) in [6, 6.07) is 18.9. The van der Waals surface area contributed by atoms with Gasteiger partial charge in [0.1, 0.15) is 23.7 Å². The van der Waals surface area contributed by atoms with Gasteiger partial charge >= 0.3 is 0 Å². The molecule has 0 unspecified atom stereocenters. The molecule has 3 aromatic rings. The average Bonchev–Trinajstić information content (AvgIpc) is 2.97. The normalized spacial score (nSPS) is 16.0. The molecule has 0 radical (unpaired) electrons. The zero-order valence-corrected chi connectivity index (χ0v) is 23.2. The fourth-order valence-corrected chi connectivity index (χ4v) is 4.98. The second-order valence-electron chi connectivity index (χ2n) is 9.45. The van der Waals surface area contributed by atoms with Gasteiger partial charge in [-0.1, -0.05) is 41.4 Å². The van der Waals surface area contributed by atoms with E-state index in [1.54, 1.807) is 12.1 Å². The van der Waals surface area contributed by atoms with Gasteiger partial charge in [-0.15, -0.1) is 0 Å². The average molecular weight is 589 g/mol. The monoisotopic (exact) mass is 588 g/mol. The quantitative estimate of drug-likeness (QED) is 0.240. The van der Waals surface area contributed by atoms with Crippen molar-refractivity contribution < 1.29 is 19.3 Å². The highest BCUT2D eigenvalue weighted by Gasteiger charge is 2.22. The number of anilines is 1. The minimum atomic E-state index is -0.472. The van der Waals surface area contributed by atoms with Crippen LogP contribution >= 0.6 is 23.2 Å². The number of piperidine rings is 2. The number of nitro benzene ring substituents is 2. The largest absolute Gasteiger partial charge is 0.489 e. The van der Waals surface area contributed by atoms with Crippen LogP contribution in [0.2, 0.25) is 10.0 Å². The van der Waals surface area contributed by atoms with Crippen LogP contribution in [0.4, 0.5) is 17.1 Å². The van der Waals surface area contributed by atoms with Gasteiger partial charge in [-0.2, -0.15) is 0 Å². The Bertz CT molecular complexity index is 1300. The summed E-state index contributed by atoms with van der Waals surface area (Å²) in [6.45, 7) is 3.68. The van der Waals surface area contributed by atoms with E-state index in [-0.39, 0.29) is 33.6 Å². The van der Waals surface area contributed by atoms with Crippen molar-refractivity contribution in [3.63, 3.8) is 0 Å². The van der Waals surface area contributed by atoms with Gasteiger partial charge in [0, 0.05) is 55.9 Å². The van der Waals surface area contributed by atoms with E-state index < -0.39 is 9.85 Å². The van der Waals surface area contributed by atoms with E-state index in [9.17, 15) is 20.2 Å². The summed E-state index contributed by atoms with van der Waals surface area (Å²) in [4.78, 5) is 22.7. The van der Waals surface area contributed by atoms with Gasteiger partial charge < -0.3 is 19.7 Å². The van der Waals surface area contributed by atoms with Crippen molar-refractivity contribution in [3.05, 3.63) is 97.0 Å². The standard InChI is InChI=1S/C17H17ClN2O3.C11H13ClN2O3/c18-16-12-14(20(21)22)6-7-17(16)23-15-8-10-19(11-9-15)13-4-2-1-3-5-13;12-10-7-8(14(15)16)1-2-11(10)17-9-3-5-13-6-4-9/h1-7,12,15H,8-11H2;1-2,7,9,13H,3-6H2.